The Kier molecular flexibility index (Phi) is 6.48. The number of unbranched alkanes of at least 4 members (excludes halogenated alkanes) is 7. The van der Waals surface area contributed by atoms with Crippen molar-refractivity contribution < 1.29 is 0 Å². The summed E-state index contributed by atoms with van der Waals surface area (Å²) in [5.74, 6) is 0.604. The Bertz CT molecular complexity index is 802. The Hall–Kier alpha value is -2.30. The second-order valence-electron chi connectivity index (χ2n) is 6.55. The molecule has 0 aliphatic carbocycles. The van der Waals surface area contributed by atoms with Crippen molar-refractivity contribution in [1.29, 1.82) is 0 Å². The number of hydrogen-bond acceptors (Lipinski definition) is 5. The summed E-state index contributed by atoms with van der Waals surface area (Å²) >= 11 is 0. The summed E-state index contributed by atoms with van der Waals surface area (Å²) in [6, 6.07) is 8.00. The van der Waals surface area contributed by atoms with Crippen LogP contribution in [0.3, 0.4) is 0 Å². The van der Waals surface area contributed by atoms with Crippen molar-refractivity contribution in [2.24, 2.45) is 0 Å². The van der Waals surface area contributed by atoms with E-state index >= 15 is 0 Å². The van der Waals surface area contributed by atoms with Gasteiger partial charge in [0.15, 0.2) is 0 Å². The van der Waals surface area contributed by atoms with E-state index in [4.69, 9.17) is 0 Å². The average Bonchev–Trinajstić information content (AvgIpc) is 2.66. The van der Waals surface area contributed by atoms with Gasteiger partial charge in [-0.05, 0) is 12.5 Å². The molecule has 1 aromatic carbocycles. The molecule has 1 N–H and O–H groups in total. The van der Waals surface area contributed by atoms with Crippen LogP contribution in [0.15, 0.2) is 30.5 Å². The molecular formula is C20H27N5. The normalized spacial score (nSPS) is 11.2. The Morgan fingerprint density at radius 3 is 2.44 bits per heavy atom. The minimum Gasteiger partial charge on any atom is -0.353 e. The molecule has 2 aromatic heterocycles. The number of nitrogens with zero attached hydrogens (tertiary/aromatic N) is 4. The number of hydrogen-bond donors (Lipinski definition) is 1. The molecule has 0 saturated heterocycles. The van der Waals surface area contributed by atoms with Crippen LogP contribution in [0.4, 0.5) is 5.95 Å². The smallest absolute Gasteiger partial charge is 0.243 e. The molecule has 0 saturated carbocycles. The Labute approximate surface area is 149 Å². The minimum absolute atomic E-state index is 0.604. The highest BCUT2D eigenvalue weighted by molar-refractivity contribution is 6.01. The molecule has 0 radical (unpaired) electrons. The number of anilines is 1. The zero-order chi connectivity index (χ0) is 17.3. The zero-order valence-corrected chi connectivity index (χ0v) is 15.0. The van der Waals surface area contributed by atoms with E-state index in [1.807, 2.05) is 24.3 Å². The fourth-order valence-electron chi connectivity index (χ4n) is 3.07. The number of benzene rings is 1. The van der Waals surface area contributed by atoms with Crippen molar-refractivity contribution in [2.75, 3.05) is 11.9 Å². The van der Waals surface area contributed by atoms with Crippen molar-refractivity contribution in [3.05, 3.63) is 30.5 Å². The summed E-state index contributed by atoms with van der Waals surface area (Å²) in [4.78, 5) is 9.04. The summed E-state index contributed by atoms with van der Waals surface area (Å²) in [5.41, 5.74) is 2.53. The highest BCUT2D eigenvalue weighted by atomic mass is 15.2. The Balaban J connectivity index is 1.50. The molecule has 5 heteroatoms. The molecule has 0 fully saturated rings. The van der Waals surface area contributed by atoms with E-state index in [-0.39, 0.29) is 0 Å². The first-order valence-electron chi connectivity index (χ1n) is 9.50. The minimum atomic E-state index is 0.604. The van der Waals surface area contributed by atoms with Gasteiger partial charge in [0.25, 0.3) is 0 Å². The van der Waals surface area contributed by atoms with Crippen molar-refractivity contribution in [1.82, 2.24) is 20.2 Å². The molecule has 25 heavy (non-hydrogen) atoms. The van der Waals surface area contributed by atoms with Crippen LogP contribution in [0.25, 0.3) is 21.9 Å². The molecule has 5 nitrogen and oxygen atoms in total. The molecule has 3 aromatic rings. The van der Waals surface area contributed by atoms with Gasteiger partial charge in [0, 0.05) is 11.9 Å². The average molecular weight is 337 g/mol. The quantitative estimate of drug-likeness (QED) is 0.410. The molecule has 0 aliphatic heterocycles. The maximum absolute atomic E-state index is 4.65. The van der Waals surface area contributed by atoms with Crippen LogP contribution in [0.2, 0.25) is 0 Å². The Morgan fingerprint density at radius 2 is 1.60 bits per heavy atom. The van der Waals surface area contributed by atoms with Gasteiger partial charge in [-0.1, -0.05) is 70.1 Å². The number of pyridine rings is 1. The predicted octanol–water partition coefficient (Wildman–Crippen LogP) is 5.13. The topological polar surface area (TPSA) is 63.6 Å². The summed E-state index contributed by atoms with van der Waals surface area (Å²) in [5, 5.41) is 12.7. The molecule has 2 heterocycles. The van der Waals surface area contributed by atoms with Gasteiger partial charge in [-0.2, -0.15) is 0 Å². The van der Waals surface area contributed by atoms with Gasteiger partial charge in [-0.15, -0.1) is 10.2 Å². The van der Waals surface area contributed by atoms with Gasteiger partial charge in [0.1, 0.15) is 11.0 Å². The van der Waals surface area contributed by atoms with Crippen molar-refractivity contribution in [2.45, 2.75) is 58.3 Å². The lowest BCUT2D eigenvalue weighted by Crippen LogP contribution is -2.07. The van der Waals surface area contributed by atoms with E-state index < -0.39 is 0 Å². The highest BCUT2D eigenvalue weighted by Crippen LogP contribution is 2.20. The molecule has 0 aliphatic rings. The first kappa shape index (κ1) is 17.5. The summed E-state index contributed by atoms with van der Waals surface area (Å²) in [6.07, 6.45) is 12.3. The maximum atomic E-state index is 4.65. The lowest BCUT2D eigenvalue weighted by molar-refractivity contribution is 0.580. The molecular weight excluding hydrogens is 310 g/mol. The second-order valence-corrected chi connectivity index (χ2v) is 6.55. The number of nitrogens with one attached hydrogen (secondary N) is 1. The number of rotatable bonds is 10. The van der Waals surface area contributed by atoms with Gasteiger partial charge in [-0.25, -0.2) is 4.98 Å². The fraction of sp³-hybridized carbons (Fsp3) is 0.500. The van der Waals surface area contributed by atoms with Crippen LogP contribution in [0.1, 0.15) is 58.3 Å². The van der Waals surface area contributed by atoms with Crippen LogP contribution in [0.5, 0.6) is 0 Å². The number of aromatic nitrogens is 4. The van der Waals surface area contributed by atoms with E-state index in [0.29, 0.717) is 5.95 Å². The van der Waals surface area contributed by atoms with Gasteiger partial charge < -0.3 is 5.32 Å². The number of para-hydroxylation sites is 1. The third kappa shape index (κ3) is 4.84. The van der Waals surface area contributed by atoms with Crippen molar-refractivity contribution in [3.8, 4) is 0 Å². The molecule has 0 bridgehead atoms. The first-order valence-corrected chi connectivity index (χ1v) is 9.50. The molecule has 0 amide bonds. The lowest BCUT2D eigenvalue weighted by atomic mass is 10.1. The fourth-order valence-corrected chi connectivity index (χ4v) is 3.07. The monoisotopic (exact) mass is 337 g/mol. The van der Waals surface area contributed by atoms with Gasteiger partial charge >= 0.3 is 0 Å². The van der Waals surface area contributed by atoms with E-state index in [9.17, 15) is 0 Å². The van der Waals surface area contributed by atoms with Gasteiger partial charge in [0.05, 0.1) is 11.7 Å². The van der Waals surface area contributed by atoms with E-state index in [1.54, 1.807) is 6.20 Å². The largest absolute Gasteiger partial charge is 0.353 e. The molecule has 0 unspecified atom stereocenters. The molecule has 3 rings (SSSR count). The zero-order valence-electron chi connectivity index (χ0n) is 15.0. The van der Waals surface area contributed by atoms with Crippen molar-refractivity contribution >= 4 is 27.9 Å². The van der Waals surface area contributed by atoms with Crippen LogP contribution < -0.4 is 5.32 Å². The van der Waals surface area contributed by atoms with E-state index in [0.717, 1.165) is 34.9 Å². The second kappa shape index (κ2) is 9.25. The van der Waals surface area contributed by atoms with Crippen LogP contribution in [-0.4, -0.2) is 26.7 Å². The predicted molar refractivity (Wildman–Crippen MR) is 104 cm³/mol. The first-order chi connectivity index (χ1) is 12.4. The molecule has 0 spiro atoms. The van der Waals surface area contributed by atoms with Gasteiger partial charge in [0.2, 0.25) is 5.95 Å². The summed E-state index contributed by atoms with van der Waals surface area (Å²) in [7, 11) is 0. The third-order valence-corrected chi connectivity index (χ3v) is 4.51. The molecule has 0 atom stereocenters. The Morgan fingerprint density at radius 1 is 0.840 bits per heavy atom. The summed E-state index contributed by atoms with van der Waals surface area (Å²) < 4.78 is 0. The van der Waals surface area contributed by atoms with Crippen LogP contribution in [-0.2, 0) is 0 Å². The SMILES string of the molecule is CCCCCCCCCCNc1nnc2cnc3ccccc3c2n1. The van der Waals surface area contributed by atoms with Crippen LogP contribution in [0, 0.1) is 0 Å². The number of fused-ring (bicyclic) bond motifs is 3. The highest BCUT2D eigenvalue weighted by Gasteiger charge is 2.06. The van der Waals surface area contributed by atoms with Crippen molar-refractivity contribution in [3.63, 3.8) is 0 Å². The summed E-state index contributed by atoms with van der Waals surface area (Å²) in [6.45, 7) is 3.15. The molecule has 132 valence electrons. The van der Waals surface area contributed by atoms with Gasteiger partial charge in [-0.3, -0.25) is 4.98 Å². The standard InChI is InChI=1S/C20H27N5/c1-2-3-4-5-6-7-8-11-14-21-20-23-19-16-12-9-10-13-17(16)22-15-18(19)24-25-20/h9-10,12-13,15H,2-8,11,14H2,1H3,(H,21,23,25). The van der Waals surface area contributed by atoms with Crippen LogP contribution >= 0.6 is 0 Å². The lowest BCUT2D eigenvalue weighted by Gasteiger charge is -2.06. The van der Waals surface area contributed by atoms with E-state index in [1.165, 1.54) is 44.9 Å². The third-order valence-electron chi connectivity index (χ3n) is 4.51. The maximum Gasteiger partial charge on any atom is 0.243 e. The van der Waals surface area contributed by atoms with E-state index in [2.05, 4.69) is 32.4 Å².